The van der Waals surface area contributed by atoms with Gasteiger partial charge in [-0.1, -0.05) is 249 Å². The first-order chi connectivity index (χ1) is 67.9. The number of nitrogens with zero attached hydrogens (tertiary/aromatic N) is 4. The van der Waals surface area contributed by atoms with Gasteiger partial charge in [-0.2, -0.15) is 0 Å². The first kappa shape index (κ1) is 82.0. The van der Waals surface area contributed by atoms with Crippen LogP contribution in [0.4, 0.5) is 90.2 Å². The van der Waals surface area contributed by atoms with Gasteiger partial charge in [0.2, 0.25) is 0 Å². The number of halogens is 5. The van der Waals surface area contributed by atoms with E-state index >= 15 is 22.0 Å². The zero-order valence-electron chi connectivity index (χ0n) is 75.2. The standard InChI is InChI=1S/C129H87F5N4/c130-98-45-39-92(40-46-98)127(95-36-25-86-19-22-89(86)75-95)121-17-9-7-15-115(121)117-71-67-113(78-123(117)127)137(109-63-51-101(133)52-64-109)107-59-32-84(33-60-107)82-28-55-105(56-29-82)135(103-11-3-1-4-12-103)111-69-73-119-120-74-70-112(81-126(120)129(125(119)80-111,94-43-49-100(132)50-44-94)97-38-27-88-21-24-91(88)77-97)136(104-13-5-2-6-14-104)106-57-30-83(31-58-106)85-34-61-108(62-35-85)138(110-65-53-102(134)54-66-110)114-68-72-118-116-16-8-10-18-122(116)128(124(118)79-114,93-41-47-99(131)48-42-93)96-37-26-87-20-23-90(87)76-96/h1-18,25-81H,19-24H2. The summed E-state index contributed by atoms with van der Waals surface area (Å²) in [6, 6.07) is 156. The highest BCUT2D eigenvalue weighted by atomic mass is 19.1. The van der Waals surface area contributed by atoms with Gasteiger partial charge in [-0.15, -0.1) is 0 Å². The Morgan fingerprint density at radius 1 is 0.145 bits per heavy atom. The second-order valence-corrected chi connectivity index (χ2v) is 37.4. The lowest BCUT2D eigenvalue weighted by Gasteiger charge is -2.37. The van der Waals surface area contributed by atoms with Crippen molar-refractivity contribution in [2.24, 2.45) is 0 Å². The van der Waals surface area contributed by atoms with Crippen molar-refractivity contribution < 1.29 is 22.0 Å². The first-order valence-electron chi connectivity index (χ1n) is 47.5. The molecule has 0 aliphatic heterocycles. The Hall–Kier alpha value is -16.8. The van der Waals surface area contributed by atoms with Crippen LogP contribution in [0.3, 0.4) is 0 Å². The number of para-hydroxylation sites is 2. The third-order valence-electron chi connectivity index (χ3n) is 30.3. The van der Waals surface area contributed by atoms with E-state index in [-0.39, 0.29) is 29.1 Å². The third-order valence-corrected chi connectivity index (χ3v) is 30.3. The monoisotopic (exact) mass is 1790 g/mol. The van der Waals surface area contributed by atoms with Crippen LogP contribution < -0.4 is 19.6 Å². The van der Waals surface area contributed by atoms with E-state index in [2.05, 4.69) is 353 Å². The molecule has 0 radical (unpaired) electrons. The fraction of sp³-hybridized carbons (Fsp3) is 0.0698. The molecule has 9 heteroatoms. The molecule has 0 aromatic heterocycles. The number of fused-ring (bicyclic) bond motifs is 12. The zero-order chi connectivity index (χ0) is 92.1. The average Bonchev–Trinajstić information content (AvgIpc) is 1.51. The maximum absolute atomic E-state index is 15.9. The van der Waals surface area contributed by atoms with Gasteiger partial charge < -0.3 is 19.6 Å². The van der Waals surface area contributed by atoms with E-state index < -0.39 is 16.2 Å². The summed E-state index contributed by atoms with van der Waals surface area (Å²) in [4.78, 5) is 9.06. The summed E-state index contributed by atoms with van der Waals surface area (Å²) in [5.74, 6) is -1.55. The van der Waals surface area contributed by atoms with Gasteiger partial charge in [-0.05, 0) is 401 Å². The van der Waals surface area contributed by atoms with Crippen LogP contribution in [-0.2, 0) is 54.8 Å². The maximum Gasteiger partial charge on any atom is 0.123 e. The molecule has 0 saturated carbocycles. The van der Waals surface area contributed by atoms with Crippen molar-refractivity contribution in [2.45, 2.75) is 54.8 Å². The van der Waals surface area contributed by atoms with E-state index in [0.717, 1.165) is 229 Å². The Morgan fingerprint density at radius 2 is 0.341 bits per heavy atom. The predicted octanol–water partition coefficient (Wildman–Crippen LogP) is 33.0. The van der Waals surface area contributed by atoms with E-state index in [0.29, 0.717) is 0 Å². The predicted molar refractivity (Wildman–Crippen MR) is 550 cm³/mol. The molecule has 6 aliphatic carbocycles. The Kier molecular flexibility index (Phi) is 19.3. The molecule has 0 saturated heterocycles. The van der Waals surface area contributed by atoms with Gasteiger partial charge in [-0.3, -0.25) is 0 Å². The van der Waals surface area contributed by atoms with Crippen molar-refractivity contribution in [3.05, 3.63) is 584 Å². The van der Waals surface area contributed by atoms with Crippen molar-refractivity contribution in [1.82, 2.24) is 0 Å². The molecule has 658 valence electrons. The summed E-state index contributed by atoms with van der Waals surface area (Å²) in [5, 5.41) is 0. The minimum atomic E-state index is -0.961. The summed E-state index contributed by atoms with van der Waals surface area (Å²) < 4.78 is 76.5. The summed E-state index contributed by atoms with van der Waals surface area (Å²) in [6.45, 7) is 0. The minimum Gasteiger partial charge on any atom is -0.310 e. The molecule has 0 bridgehead atoms. The summed E-state index contributed by atoms with van der Waals surface area (Å²) in [5.41, 5.74) is 40.0. The van der Waals surface area contributed by atoms with Crippen LogP contribution >= 0.6 is 0 Å². The quantitative estimate of drug-likeness (QED) is 0.0705. The van der Waals surface area contributed by atoms with Crippen LogP contribution in [-0.4, -0.2) is 0 Å². The lowest BCUT2D eigenvalue weighted by molar-refractivity contribution is 0.624. The van der Waals surface area contributed by atoms with Crippen LogP contribution in [0.2, 0.25) is 0 Å². The first-order valence-corrected chi connectivity index (χ1v) is 47.5. The lowest BCUT2D eigenvalue weighted by Crippen LogP contribution is -2.30. The van der Waals surface area contributed by atoms with Crippen LogP contribution in [0.15, 0.2) is 455 Å². The number of rotatable bonds is 20. The molecule has 4 nitrogen and oxygen atoms in total. The van der Waals surface area contributed by atoms with Crippen molar-refractivity contribution in [2.75, 3.05) is 19.6 Å². The zero-order valence-corrected chi connectivity index (χ0v) is 75.2. The van der Waals surface area contributed by atoms with Crippen LogP contribution in [0, 0.1) is 29.1 Å². The summed E-state index contributed by atoms with van der Waals surface area (Å²) in [6.07, 6.45) is 6.09. The third kappa shape index (κ3) is 13.1. The second-order valence-electron chi connectivity index (χ2n) is 37.4. The van der Waals surface area contributed by atoms with Gasteiger partial charge in [-0.25, -0.2) is 22.0 Å². The summed E-state index contributed by atoms with van der Waals surface area (Å²) >= 11 is 0. The van der Waals surface area contributed by atoms with Crippen LogP contribution in [0.25, 0.3) is 55.6 Å². The maximum atomic E-state index is 15.9. The molecule has 2 unspecified atom stereocenters. The molecule has 0 amide bonds. The fourth-order valence-corrected chi connectivity index (χ4v) is 23.5. The highest BCUT2D eigenvalue weighted by Gasteiger charge is 2.51. The molecule has 26 rings (SSSR count). The van der Waals surface area contributed by atoms with Crippen molar-refractivity contribution in [1.29, 1.82) is 0 Å². The molecule has 138 heavy (non-hydrogen) atoms. The fourth-order valence-electron chi connectivity index (χ4n) is 23.5. The molecule has 20 aromatic rings. The molecule has 6 aliphatic rings. The second kappa shape index (κ2) is 32.5. The van der Waals surface area contributed by atoms with Crippen LogP contribution in [0.1, 0.15) is 100 Å². The van der Waals surface area contributed by atoms with Gasteiger partial charge >= 0.3 is 0 Å². The van der Waals surface area contributed by atoms with E-state index in [4.69, 9.17) is 0 Å². The molecule has 0 N–H and O–H groups in total. The molecule has 0 heterocycles. The van der Waals surface area contributed by atoms with Crippen molar-refractivity contribution >= 4 is 68.2 Å². The molecule has 20 aromatic carbocycles. The van der Waals surface area contributed by atoms with Gasteiger partial charge in [0.05, 0.1) is 16.2 Å². The number of benzene rings is 20. The highest BCUT2D eigenvalue weighted by Crippen LogP contribution is 2.63. The van der Waals surface area contributed by atoms with Crippen LogP contribution in [0.5, 0.6) is 0 Å². The molecule has 0 fully saturated rings. The molecule has 0 spiro atoms. The van der Waals surface area contributed by atoms with E-state index in [1.54, 1.807) is 36.4 Å². The van der Waals surface area contributed by atoms with E-state index in [9.17, 15) is 0 Å². The molecular weight excluding hydrogens is 1700 g/mol. The molecular formula is C129H87F5N4. The van der Waals surface area contributed by atoms with Crippen molar-refractivity contribution in [3.63, 3.8) is 0 Å². The topological polar surface area (TPSA) is 13.0 Å². The number of anilines is 12. The Bertz CT molecular complexity index is 7780. The minimum absolute atomic E-state index is 0.292. The van der Waals surface area contributed by atoms with Gasteiger partial charge in [0.1, 0.15) is 29.1 Å². The Balaban J connectivity index is 0.545. The van der Waals surface area contributed by atoms with Crippen molar-refractivity contribution in [3.8, 4) is 55.6 Å². The van der Waals surface area contributed by atoms with Gasteiger partial charge in [0.15, 0.2) is 0 Å². The van der Waals surface area contributed by atoms with Gasteiger partial charge in [0.25, 0.3) is 0 Å². The van der Waals surface area contributed by atoms with E-state index in [1.807, 2.05) is 60.7 Å². The van der Waals surface area contributed by atoms with E-state index in [1.165, 1.54) is 57.6 Å². The lowest BCUT2D eigenvalue weighted by atomic mass is 9.66. The Morgan fingerprint density at radius 3 is 0.587 bits per heavy atom. The number of aryl methyl sites for hydroxylation is 6. The molecule has 2 atom stereocenters. The Labute approximate surface area is 799 Å². The SMILES string of the molecule is Fc1ccc(N(c2ccc(-c3ccc(N(c4ccccc4)c4ccc5c(c4)C(c4ccc(F)cc4)(c4ccc6c(c4)CC6)c4cc(N(c6ccccc6)c6ccc(-c7ccc(N(c8ccc(F)cc8)c8ccc9c(c8)C(c8ccc(F)cc8)(c8ccc%10c(c8)CC%10)c8ccccc8-9)cc7)cc6)ccc4-5)cc3)cc2)c2ccc3c(c2)C(c2ccc(F)cc2)(c2ccc4c(c2)CC4)c2ccccc2-3)cc1. The number of hydrogen-bond acceptors (Lipinski definition) is 4. The number of hydrogen-bond donors (Lipinski definition) is 0. The summed E-state index contributed by atoms with van der Waals surface area (Å²) in [7, 11) is 0. The largest absolute Gasteiger partial charge is 0.310 e. The normalized spacial score (nSPS) is 16.1. The smallest absolute Gasteiger partial charge is 0.123 e. The van der Waals surface area contributed by atoms with Gasteiger partial charge in [0, 0.05) is 68.2 Å². The average molecular weight is 1790 g/mol. The highest BCUT2D eigenvalue weighted by molar-refractivity contribution is 5.96.